The zero-order chi connectivity index (χ0) is 11.3. The molecular weight excluding hydrogens is 194 g/mol. The number of methoxy groups -OCH3 is 1. The Labute approximate surface area is 88.0 Å². The van der Waals surface area contributed by atoms with Crippen molar-refractivity contribution in [2.45, 2.75) is 19.4 Å². The molecule has 0 aliphatic carbocycles. The van der Waals surface area contributed by atoms with E-state index in [2.05, 4.69) is 4.74 Å². The molecule has 5 heteroatoms. The van der Waals surface area contributed by atoms with Crippen LogP contribution < -0.4 is 5.73 Å². The summed E-state index contributed by atoms with van der Waals surface area (Å²) in [6.45, 7) is 0.592. The molecule has 1 aromatic heterocycles. The minimum absolute atomic E-state index is 0.413. The van der Waals surface area contributed by atoms with Crippen LogP contribution in [0, 0.1) is 11.3 Å². The first kappa shape index (κ1) is 11.1. The third-order valence-electron chi connectivity index (χ3n) is 2.00. The molecule has 1 aromatic rings. The number of carbonyl (C=O) groups excluding carboxylic acids is 1. The number of ether oxygens (including phenoxy) is 1. The summed E-state index contributed by atoms with van der Waals surface area (Å²) in [4.78, 5) is 11.3. The van der Waals surface area contributed by atoms with Crippen molar-refractivity contribution in [2.24, 2.45) is 0 Å². The Kier molecular flexibility index (Phi) is 3.75. The SMILES string of the molecule is COC(=O)c1cc(N)cn1CCCC#N. The number of nitrogens with zero attached hydrogens (tertiary/aromatic N) is 2. The van der Waals surface area contributed by atoms with Crippen molar-refractivity contribution in [3.05, 3.63) is 18.0 Å². The second-order valence-corrected chi connectivity index (χ2v) is 3.11. The highest BCUT2D eigenvalue weighted by molar-refractivity contribution is 5.88. The van der Waals surface area contributed by atoms with Crippen LogP contribution >= 0.6 is 0 Å². The third kappa shape index (κ3) is 2.74. The van der Waals surface area contributed by atoms with Crippen molar-refractivity contribution in [1.29, 1.82) is 5.26 Å². The van der Waals surface area contributed by atoms with Gasteiger partial charge in [0, 0.05) is 19.2 Å². The van der Waals surface area contributed by atoms with Crippen molar-refractivity contribution >= 4 is 11.7 Å². The Morgan fingerprint density at radius 1 is 1.73 bits per heavy atom. The molecule has 0 saturated heterocycles. The molecule has 0 aliphatic heterocycles. The van der Waals surface area contributed by atoms with Crippen molar-refractivity contribution in [3.8, 4) is 6.07 Å². The number of aryl methyl sites for hydroxylation is 1. The van der Waals surface area contributed by atoms with Crippen LogP contribution in [-0.4, -0.2) is 17.6 Å². The van der Waals surface area contributed by atoms with E-state index in [0.29, 0.717) is 30.8 Å². The second-order valence-electron chi connectivity index (χ2n) is 3.11. The quantitative estimate of drug-likeness (QED) is 0.593. The molecule has 1 heterocycles. The Morgan fingerprint density at radius 2 is 2.47 bits per heavy atom. The van der Waals surface area contributed by atoms with Gasteiger partial charge in [0.1, 0.15) is 5.69 Å². The largest absolute Gasteiger partial charge is 0.464 e. The maximum absolute atomic E-state index is 11.3. The van der Waals surface area contributed by atoms with Gasteiger partial charge in [-0.25, -0.2) is 4.79 Å². The summed E-state index contributed by atoms with van der Waals surface area (Å²) in [6, 6.07) is 3.61. The summed E-state index contributed by atoms with van der Waals surface area (Å²) in [6.07, 6.45) is 2.82. The molecule has 0 saturated carbocycles. The van der Waals surface area contributed by atoms with Crippen LogP contribution in [0.3, 0.4) is 0 Å². The number of unbranched alkanes of at least 4 members (excludes halogenated alkanes) is 1. The van der Waals surface area contributed by atoms with E-state index in [0.717, 1.165) is 0 Å². The zero-order valence-electron chi connectivity index (χ0n) is 8.56. The summed E-state index contributed by atoms with van der Waals surface area (Å²) < 4.78 is 6.32. The Balaban J connectivity index is 2.78. The highest BCUT2D eigenvalue weighted by Crippen LogP contribution is 2.12. The standard InChI is InChI=1S/C10H13N3O2/c1-15-10(14)9-6-8(12)7-13(9)5-3-2-4-11/h6-7H,2-3,5,12H2,1H3. The van der Waals surface area contributed by atoms with Gasteiger partial charge >= 0.3 is 5.97 Å². The van der Waals surface area contributed by atoms with Gasteiger partial charge < -0.3 is 15.0 Å². The van der Waals surface area contributed by atoms with Crippen LogP contribution in [0.15, 0.2) is 12.3 Å². The minimum Gasteiger partial charge on any atom is -0.464 e. The summed E-state index contributed by atoms with van der Waals surface area (Å²) in [5.41, 5.74) is 6.53. The van der Waals surface area contributed by atoms with Gasteiger partial charge in [-0.05, 0) is 12.5 Å². The van der Waals surface area contributed by atoms with Crippen molar-refractivity contribution in [2.75, 3.05) is 12.8 Å². The highest BCUT2D eigenvalue weighted by Gasteiger charge is 2.12. The molecule has 5 nitrogen and oxygen atoms in total. The molecule has 0 unspecified atom stereocenters. The number of hydrogen-bond donors (Lipinski definition) is 1. The average molecular weight is 207 g/mol. The number of hydrogen-bond acceptors (Lipinski definition) is 4. The first-order valence-electron chi connectivity index (χ1n) is 4.60. The topological polar surface area (TPSA) is 81.0 Å². The number of carbonyl (C=O) groups is 1. The zero-order valence-corrected chi connectivity index (χ0v) is 8.56. The lowest BCUT2D eigenvalue weighted by molar-refractivity contribution is 0.0588. The van der Waals surface area contributed by atoms with Crippen LogP contribution in [0.4, 0.5) is 5.69 Å². The normalized spacial score (nSPS) is 9.60. The van der Waals surface area contributed by atoms with E-state index in [-0.39, 0.29) is 0 Å². The summed E-state index contributed by atoms with van der Waals surface area (Å²) in [5, 5.41) is 8.40. The summed E-state index contributed by atoms with van der Waals surface area (Å²) in [5.74, 6) is -0.413. The first-order chi connectivity index (χ1) is 7.19. The fourth-order valence-electron chi connectivity index (χ4n) is 1.32. The number of nitrogens with two attached hydrogens (primary N) is 1. The number of nitriles is 1. The summed E-state index contributed by atoms with van der Waals surface area (Å²) in [7, 11) is 1.32. The molecule has 80 valence electrons. The molecule has 2 N–H and O–H groups in total. The van der Waals surface area contributed by atoms with E-state index in [1.54, 1.807) is 16.8 Å². The molecule has 0 bridgehead atoms. The van der Waals surface area contributed by atoms with Crippen molar-refractivity contribution in [3.63, 3.8) is 0 Å². The minimum atomic E-state index is -0.413. The Morgan fingerprint density at radius 3 is 3.07 bits per heavy atom. The first-order valence-corrected chi connectivity index (χ1v) is 4.60. The lowest BCUT2D eigenvalue weighted by Crippen LogP contribution is -2.09. The maximum atomic E-state index is 11.3. The molecule has 0 radical (unpaired) electrons. The van der Waals surface area contributed by atoms with Gasteiger partial charge in [-0.15, -0.1) is 0 Å². The van der Waals surface area contributed by atoms with Crippen molar-refractivity contribution < 1.29 is 9.53 Å². The van der Waals surface area contributed by atoms with E-state index in [1.165, 1.54) is 7.11 Å². The molecule has 0 amide bonds. The summed E-state index contributed by atoms with van der Waals surface area (Å²) >= 11 is 0. The fraction of sp³-hybridized carbons (Fsp3) is 0.400. The molecule has 0 aliphatic rings. The molecule has 15 heavy (non-hydrogen) atoms. The molecule has 0 fully saturated rings. The van der Waals surface area contributed by atoms with E-state index in [1.807, 2.05) is 6.07 Å². The lowest BCUT2D eigenvalue weighted by Gasteiger charge is -2.05. The monoisotopic (exact) mass is 207 g/mol. The van der Waals surface area contributed by atoms with Crippen molar-refractivity contribution in [1.82, 2.24) is 4.57 Å². The van der Waals surface area contributed by atoms with E-state index in [4.69, 9.17) is 11.0 Å². The van der Waals surface area contributed by atoms with Gasteiger partial charge in [0.05, 0.1) is 18.9 Å². The Hall–Kier alpha value is -1.96. The number of esters is 1. The Bertz CT molecular complexity index is 390. The van der Waals surface area contributed by atoms with Gasteiger partial charge in [-0.3, -0.25) is 0 Å². The van der Waals surface area contributed by atoms with Gasteiger partial charge in [0.25, 0.3) is 0 Å². The lowest BCUT2D eigenvalue weighted by atomic mass is 10.3. The van der Waals surface area contributed by atoms with E-state index >= 15 is 0 Å². The number of nitrogen functional groups attached to an aromatic ring is 1. The number of rotatable bonds is 4. The van der Waals surface area contributed by atoms with Crippen LogP contribution in [0.2, 0.25) is 0 Å². The molecule has 0 spiro atoms. The van der Waals surface area contributed by atoms with Gasteiger partial charge in [0.2, 0.25) is 0 Å². The van der Waals surface area contributed by atoms with Crippen LogP contribution in [0.1, 0.15) is 23.3 Å². The van der Waals surface area contributed by atoms with Gasteiger partial charge in [-0.1, -0.05) is 0 Å². The van der Waals surface area contributed by atoms with Crippen LogP contribution in [0.5, 0.6) is 0 Å². The average Bonchev–Trinajstić information content (AvgIpc) is 2.59. The number of aromatic nitrogens is 1. The fourth-order valence-corrected chi connectivity index (χ4v) is 1.32. The molecule has 1 rings (SSSR count). The number of anilines is 1. The molecular formula is C10H13N3O2. The smallest absolute Gasteiger partial charge is 0.354 e. The molecule has 0 aromatic carbocycles. The third-order valence-corrected chi connectivity index (χ3v) is 2.00. The van der Waals surface area contributed by atoms with E-state index in [9.17, 15) is 4.79 Å². The van der Waals surface area contributed by atoms with Crippen LogP contribution in [0.25, 0.3) is 0 Å². The van der Waals surface area contributed by atoms with Gasteiger partial charge in [0.15, 0.2) is 0 Å². The van der Waals surface area contributed by atoms with E-state index < -0.39 is 5.97 Å². The van der Waals surface area contributed by atoms with Gasteiger partial charge in [-0.2, -0.15) is 5.26 Å². The maximum Gasteiger partial charge on any atom is 0.354 e. The molecule has 0 atom stereocenters. The second kappa shape index (κ2) is 5.05. The van der Waals surface area contributed by atoms with Crippen LogP contribution in [-0.2, 0) is 11.3 Å². The highest BCUT2D eigenvalue weighted by atomic mass is 16.5. The predicted octanol–water partition coefficient (Wildman–Crippen LogP) is 1.16. The predicted molar refractivity (Wildman–Crippen MR) is 55.0 cm³/mol.